The fraction of sp³-hybridized carbons (Fsp3) is 0.312. The number of rotatable bonds is 3. The summed E-state index contributed by atoms with van der Waals surface area (Å²) in [4.78, 5) is 4.10. The van der Waals surface area contributed by atoms with Gasteiger partial charge in [-0.3, -0.25) is 4.98 Å². The highest BCUT2D eigenvalue weighted by atomic mass is 16.3. The van der Waals surface area contributed by atoms with Gasteiger partial charge in [0.2, 0.25) is 0 Å². The summed E-state index contributed by atoms with van der Waals surface area (Å²) in [5, 5.41) is 10.3. The lowest BCUT2D eigenvalue weighted by Crippen LogP contribution is -2.19. The second-order valence-electron chi connectivity index (χ2n) is 5.08. The molecule has 2 unspecified atom stereocenters. The number of benzene rings is 1. The van der Waals surface area contributed by atoms with Crippen molar-refractivity contribution in [2.45, 2.75) is 31.8 Å². The minimum absolute atomic E-state index is 0.406. The topological polar surface area (TPSA) is 33.1 Å². The van der Waals surface area contributed by atoms with Crippen LogP contribution in [0.1, 0.15) is 40.7 Å². The van der Waals surface area contributed by atoms with Gasteiger partial charge in [0.15, 0.2) is 0 Å². The second kappa shape index (κ2) is 4.54. The number of aryl methyl sites for hydroxylation is 1. The summed E-state index contributed by atoms with van der Waals surface area (Å²) in [5.41, 5.74) is 4.91. The molecule has 2 heteroatoms. The Morgan fingerprint density at radius 1 is 1.33 bits per heavy atom. The summed E-state index contributed by atoms with van der Waals surface area (Å²) >= 11 is 0. The molecule has 0 saturated heterocycles. The van der Waals surface area contributed by atoms with Gasteiger partial charge in [-0.15, -0.1) is 0 Å². The maximum absolute atomic E-state index is 10.3. The van der Waals surface area contributed by atoms with Crippen LogP contribution in [0.3, 0.4) is 0 Å². The summed E-state index contributed by atoms with van der Waals surface area (Å²) in [6.07, 6.45) is 5.03. The number of aliphatic hydroxyl groups excluding tert-OH is 1. The fourth-order valence-electron chi connectivity index (χ4n) is 2.79. The number of aromatic nitrogens is 1. The maximum atomic E-state index is 10.3. The molecule has 92 valence electrons. The molecule has 0 radical (unpaired) electrons. The molecule has 1 aromatic carbocycles. The van der Waals surface area contributed by atoms with E-state index >= 15 is 0 Å². The van der Waals surface area contributed by atoms with Crippen molar-refractivity contribution < 1.29 is 5.11 Å². The predicted octanol–water partition coefficient (Wildman–Crippen LogP) is 3.15. The molecule has 0 spiro atoms. The van der Waals surface area contributed by atoms with E-state index in [1.54, 1.807) is 12.4 Å². The number of nitrogens with zero attached hydrogens (tertiary/aromatic N) is 1. The molecule has 0 amide bonds. The van der Waals surface area contributed by atoms with Crippen molar-refractivity contribution in [2.24, 2.45) is 0 Å². The van der Waals surface area contributed by atoms with Crippen molar-refractivity contribution in [1.29, 1.82) is 0 Å². The van der Waals surface area contributed by atoms with Gasteiger partial charge in [0.25, 0.3) is 0 Å². The van der Waals surface area contributed by atoms with E-state index in [9.17, 15) is 5.11 Å². The second-order valence-corrected chi connectivity index (χ2v) is 5.08. The van der Waals surface area contributed by atoms with E-state index < -0.39 is 6.10 Å². The third-order valence-corrected chi connectivity index (χ3v) is 3.91. The summed E-state index contributed by atoms with van der Waals surface area (Å²) in [7, 11) is 0. The Balaban J connectivity index is 1.74. The molecule has 0 saturated carbocycles. The Bertz CT molecular complexity index is 565. The van der Waals surface area contributed by atoms with Crippen LogP contribution >= 0.6 is 0 Å². The lowest BCUT2D eigenvalue weighted by Gasteiger charge is -2.31. The van der Waals surface area contributed by atoms with Gasteiger partial charge in [-0.25, -0.2) is 0 Å². The normalized spacial score (nSPS) is 18.9. The first-order valence-electron chi connectivity index (χ1n) is 6.42. The molecular formula is C16H17NO. The molecule has 18 heavy (non-hydrogen) atoms. The van der Waals surface area contributed by atoms with Gasteiger partial charge in [0, 0.05) is 18.0 Å². The van der Waals surface area contributed by atoms with Gasteiger partial charge in [-0.1, -0.05) is 24.3 Å². The van der Waals surface area contributed by atoms with Gasteiger partial charge in [-0.2, -0.15) is 0 Å². The Labute approximate surface area is 107 Å². The molecule has 2 nitrogen and oxygen atoms in total. The quantitative estimate of drug-likeness (QED) is 0.892. The summed E-state index contributed by atoms with van der Waals surface area (Å²) in [5.74, 6) is 0.496. The van der Waals surface area contributed by atoms with Gasteiger partial charge in [0.05, 0.1) is 6.10 Å². The molecule has 1 N–H and O–H groups in total. The third-order valence-electron chi connectivity index (χ3n) is 3.91. The lowest BCUT2D eigenvalue weighted by atomic mass is 9.74. The van der Waals surface area contributed by atoms with Crippen molar-refractivity contribution in [3.8, 4) is 0 Å². The van der Waals surface area contributed by atoms with Crippen molar-refractivity contribution in [1.82, 2.24) is 4.98 Å². The van der Waals surface area contributed by atoms with E-state index in [1.807, 2.05) is 13.0 Å². The van der Waals surface area contributed by atoms with Crippen molar-refractivity contribution in [3.05, 3.63) is 65.0 Å². The lowest BCUT2D eigenvalue weighted by molar-refractivity contribution is 0.152. The van der Waals surface area contributed by atoms with Crippen LogP contribution in [0.15, 0.2) is 42.7 Å². The molecule has 1 aromatic heterocycles. The predicted molar refractivity (Wildman–Crippen MR) is 71.4 cm³/mol. The van der Waals surface area contributed by atoms with E-state index in [0.717, 1.165) is 24.0 Å². The number of hydrogen-bond donors (Lipinski definition) is 1. The van der Waals surface area contributed by atoms with Crippen LogP contribution in [-0.2, 0) is 6.42 Å². The van der Waals surface area contributed by atoms with Crippen LogP contribution < -0.4 is 0 Å². The fourth-order valence-corrected chi connectivity index (χ4v) is 2.79. The van der Waals surface area contributed by atoms with Crippen LogP contribution in [0, 0.1) is 6.92 Å². The van der Waals surface area contributed by atoms with E-state index in [2.05, 4.69) is 29.2 Å². The molecule has 1 aliphatic rings. The summed E-state index contributed by atoms with van der Waals surface area (Å²) < 4.78 is 0. The highest BCUT2D eigenvalue weighted by Crippen LogP contribution is 2.40. The van der Waals surface area contributed by atoms with Gasteiger partial charge < -0.3 is 5.11 Å². The van der Waals surface area contributed by atoms with Gasteiger partial charge in [0.1, 0.15) is 0 Å². The van der Waals surface area contributed by atoms with Crippen molar-refractivity contribution in [3.63, 3.8) is 0 Å². The number of hydrogen-bond acceptors (Lipinski definition) is 2. The van der Waals surface area contributed by atoms with E-state index in [-0.39, 0.29) is 0 Å². The molecule has 2 aromatic rings. The summed E-state index contributed by atoms with van der Waals surface area (Å²) in [6, 6.07) is 10.5. The molecule has 1 aliphatic carbocycles. The van der Waals surface area contributed by atoms with Gasteiger partial charge in [-0.05, 0) is 48.4 Å². The van der Waals surface area contributed by atoms with E-state index in [4.69, 9.17) is 0 Å². The highest BCUT2D eigenvalue weighted by molar-refractivity contribution is 5.40. The minimum atomic E-state index is -0.406. The van der Waals surface area contributed by atoms with Crippen LogP contribution in [-0.4, -0.2) is 10.1 Å². The third kappa shape index (κ3) is 1.93. The van der Waals surface area contributed by atoms with Crippen molar-refractivity contribution in [2.75, 3.05) is 0 Å². The Kier molecular flexibility index (Phi) is 2.88. The molecule has 0 fully saturated rings. The molecule has 0 bridgehead atoms. The first kappa shape index (κ1) is 11.4. The van der Waals surface area contributed by atoms with E-state index in [0.29, 0.717) is 5.92 Å². The zero-order valence-electron chi connectivity index (χ0n) is 10.5. The molecule has 3 rings (SSSR count). The van der Waals surface area contributed by atoms with Crippen molar-refractivity contribution >= 4 is 0 Å². The Morgan fingerprint density at radius 3 is 2.94 bits per heavy atom. The van der Waals surface area contributed by atoms with E-state index in [1.165, 1.54) is 11.1 Å². The molecule has 0 aliphatic heterocycles. The highest BCUT2D eigenvalue weighted by Gasteiger charge is 2.28. The monoisotopic (exact) mass is 239 g/mol. The zero-order chi connectivity index (χ0) is 12.5. The minimum Gasteiger partial charge on any atom is -0.388 e. The molecular weight excluding hydrogens is 222 g/mol. The SMILES string of the molecule is Cc1ccncc1C(O)CC1Cc2ccccc21. The first-order chi connectivity index (χ1) is 8.75. The van der Waals surface area contributed by atoms with Crippen LogP contribution in [0.5, 0.6) is 0 Å². The first-order valence-corrected chi connectivity index (χ1v) is 6.42. The zero-order valence-corrected chi connectivity index (χ0v) is 10.5. The molecule has 2 atom stereocenters. The Morgan fingerprint density at radius 2 is 2.17 bits per heavy atom. The van der Waals surface area contributed by atoms with Crippen LogP contribution in [0.25, 0.3) is 0 Å². The van der Waals surface area contributed by atoms with Crippen LogP contribution in [0.4, 0.5) is 0 Å². The standard InChI is InChI=1S/C16H17NO/c1-11-6-7-17-10-15(11)16(18)9-13-8-12-4-2-3-5-14(12)13/h2-7,10,13,16,18H,8-9H2,1H3. The summed E-state index contributed by atoms with van der Waals surface area (Å²) in [6.45, 7) is 2.02. The average Bonchev–Trinajstić information content (AvgIpc) is 2.36. The van der Waals surface area contributed by atoms with Gasteiger partial charge >= 0.3 is 0 Å². The number of aliphatic hydroxyl groups is 1. The smallest absolute Gasteiger partial charge is 0.0813 e. The number of fused-ring (bicyclic) bond motifs is 1. The number of pyridine rings is 1. The maximum Gasteiger partial charge on any atom is 0.0813 e. The average molecular weight is 239 g/mol. The van der Waals surface area contributed by atoms with Crippen LogP contribution in [0.2, 0.25) is 0 Å². The molecule has 1 heterocycles. The largest absolute Gasteiger partial charge is 0.388 e. The Hall–Kier alpha value is -1.67.